The quantitative estimate of drug-likeness (QED) is 0.0173. The molecule has 308 valence electrons. The summed E-state index contributed by atoms with van der Waals surface area (Å²) < 4.78 is 83.9. The van der Waals surface area contributed by atoms with Gasteiger partial charge in [0.1, 0.15) is 16.7 Å². The minimum absolute atomic E-state index is 0. The topological polar surface area (TPSA) is 204 Å². The normalized spacial score (nSPS) is 16.5. The molecule has 0 atom stereocenters. The molecular formula is C38H40BrN2Na3O12S4. The minimum Gasteiger partial charge on any atom is -0.748 e. The molecule has 3 aromatic carbocycles. The van der Waals surface area contributed by atoms with Crippen LogP contribution >= 0.6 is 40.0 Å². The van der Waals surface area contributed by atoms with Crippen molar-refractivity contribution in [2.45, 2.75) is 67.6 Å². The van der Waals surface area contributed by atoms with Crippen molar-refractivity contribution in [1.29, 1.82) is 0 Å². The first-order valence-corrected chi connectivity index (χ1v) is 23.0. The van der Waals surface area contributed by atoms with Crippen molar-refractivity contribution < 1.29 is 148 Å². The summed E-state index contributed by atoms with van der Waals surface area (Å²) in [5.41, 5.74) is 3.99. The number of hydrogen-bond donors (Lipinski definition) is 0. The summed E-state index contributed by atoms with van der Waals surface area (Å²) in [6.45, 7) is 8.96. The van der Waals surface area contributed by atoms with E-state index in [2.05, 4.69) is 58.0 Å². The second-order valence-corrected chi connectivity index (χ2v) is 19.6. The van der Waals surface area contributed by atoms with Gasteiger partial charge in [0, 0.05) is 85.8 Å². The Hall–Kier alpha value is 0.110. The zero-order chi connectivity index (χ0) is 41.6. The van der Waals surface area contributed by atoms with Crippen LogP contribution in [-0.2, 0) is 49.8 Å². The van der Waals surface area contributed by atoms with Crippen molar-refractivity contribution in [3.8, 4) is 0 Å². The number of fused-ring (bicyclic) bond motifs is 4. The fraction of sp³-hybridized carbons (Fsp3) is 0.342. The third-order valence-electron chi connectivity index (χ3n) is 9.83. The summed E-state index contributed by atoms with van der Waals surface area (Å²) in [5.74, 6) is 0.0392. The second kappa shape index (κ2) is 24.6. The van der Waals surface area contributed by atoms with E-state index in [1.54, 1.807) is 12.1 Å². The van der Waals surface area contributed by atoms with Gasteiger partial charge in [0.05, 0.1) is 32.5 Å². The van der Waals surface area contributed by atoms with Gasteiger partial charge in [0.15, 0.2) is 5.71 Å². The van der Waals surface area contributed by atoms with Crippen molar-refractivity contribution in [2.24, 2.45) is 0 Å². The number of halogens is 1. The van der Waals surface area contributed by atoms with E-state index in [0.717, 1.165) is 44.9 Å². The Kier molecular flexibility index (Phi) is 23.0. The van der Waals surface area contributed by atoms with Crippen LogP contribution in [-0.4, -0.2) is 60.8 Å². The van der Waals surface area contributed by atoms with E-state index >= 15 is 0 Å². The SMILES string of the molecule is CC1(C)C(/C=C/C=C/C=C/C=C2/N(CCCS(=O)(=O)[O-])c3ccc(Br)cc3C2(C)C)=[N+](CCCCSOO[O-])c2ccc3cc(SOO[O-])cc(S(=O)(=O)[O-])c3c21.[Na+].[Na+].[Na+]. The van der Waals surface area contributed by atoms with Crippen LogP contribution in [0.4, 0.5) is 11.4 Å². The molecule has 0 spiro atoms. The molecule has 60 heavy (non-hydrogen) atoms. The molecule has 0 amide bonds. The van der Waals surface area contributed by atoms with Crippen LogP contribution in [0, 0.1) is 0 Å². The van der Waals surface area contributed by atoms with Crippen molar-refractivity contribution in [2.75, 3.05) is 29.5 Å². The van der Waals surface area contributed by atoms with Crippen LogP contribution in [0.3, 0.4) is 0 Å². The number of allylic oxidation sites excluding steroid dienone is 8. The molecule has 0 radical (unpaired) electrons. The number of anilines is 1. The van der Waals surface area contributed by atoms with Gasteiger partial charge in [-0.3, -0.25) is 10.1 Å². The molecule has 0 saturated carbocycles. The number of unbranched alkanes of at least 4 members (excludes halogenated alkanes) is 1. The zero-order valence-electron chi connectivity index (χ0n) is 34.3. The van der Waals surface area contributed by atoms with Gasteiger partial charge in [0.2, 0.25) is 5.69 Å². The maximum absolute atomic E-state index is 12.7. The molecule has 2 aliphatic heterocycles. The van der Waals surface area contributed by atoms with E-state index in [1.807, 2.05) is 80.6 Å². The molecule has 0 N–H and O–H groups in total. The maximum Gasteiger partial charge on any atom is 1.00 e. The smallest absolute Gasteiger partial charge is 0.748 e. The molecule has 5 rings (SSSR count). The number of nitrogens with zero attached hydrogens (tertiary/aromatic N) is 2. The predicted molar refractivity (Wildman–Crippen MR) is 216 cm³/mol. The van der Waals surface area contributed by atoms with Gasteiger partial charge in [-0.25, -0.2) is 16.8 Å². The molecule has 0 saturated heterocycles. The van der Waals surface area contributed by atoms with Crippen molar-refractivity contribution in [1.82, 2.24) is 0 Å². The first-order valence-electron chi connectivity index (χ1n) is 17.6. The second-order valence-electron chi connectivity index (χ2n) is 14.2. The van der Waals surface area contributed by atoms with E-state index in [0.29, 0.717) is 54.7 Å². The summed E-state index contributed by atoms with van der Waals surface area (Å²) >= 11 is 4.94. The van der Waals surface area contributed by atoms with Crippen LogP contribution < -0.4 is 104 Å². The molecule has 3 aromatic rings. The fourth-order valence-electron chi connectivity index (χ4n) is 7.44. The average molecular weight is 994 g/mol. The first-order chi connectivity index (χ1) is 26.9. The number of benzene rings is 3. The van der Waals surface area contributed by atoms with Gasteiger partial charge in [-0.1, -0.05) is 60.2 Å². The van der Waals surface area contributed by atoms with E-state index in [9.17, 15) is 36.5 Å². The van der Waals surface area contributed by atoms with Crippen molar-refractivity contribution >= 4 is 88.1 Å². The summed E-state index contributed by atoms with van der Waals surface area (Å²) in [6.07, 6.45) is 14.8. The van der Waals surface area contributed by atoms with Gasteiger partial charge in [-0.05, 0) is 80.1 Å². The number of hydrogen-bond acceptors (Lipinski definition) is 15. The molecule has 0 unspecified atom stereocenters. The molecule has 0 aromatic heterocycles. The van der Waals surface area contributed by atoms with Crippen LogP contribution in [0.25, 0.3) is 10.8 Å². The molecule has 0 bridgehead atoms. The fourth-order valence-corrected chi connectivity index (χ4v) is 9.98. The standard InChI is InChI=1S/C38H43BrN2O12S4.3Na/c1-37(2)29-24-27(39)16-18-30(29)40(20-12-22-56(44,45)46)33(37)13-8-6-5-7-9-14-34-38(3,4)36-31(41(34)19-10-11-21-54-52-50-42)17-15-26-23-28(55-53-51-43)25-32(35(26)36)57(47,48)49;;;/h5-9,13-18,23-25H,10-12,19-22H2,1-4H3,(H3-,42,43,44,45,46,47,48,49);;;/q;3*+1/p-3. The molecule has 0 aliphatic carbocycles. The van der Waals surface area contributed by atoms with Gasteiger partial charge in [-0.15, -0.1) is 0 Å². The van der Waals surface area contributed by atoms with Crippen LogP contribution in [0.2, 0.25) is 0 Å². The monoisotopic (exact) mass is 992 g/mol. The summed E-state index contributed by atoms with van der Waals surface area (Å²) in [6, 6.07) is 12.3. The van der Waals surface area contributed by atoms with Crippen LogP contribution in [0.5, 0.6) is 0 Å². The first kappa shape index (κ1) is 56.2. The van der Waals surface area contributed by atoms with E-state index in [-0.39, 0.29) is 105 Å². The Balaban J connectivity index is 0.00000413. The van der Waals surface area contributed by atoms with Crippen LogP contribution in [0.1, 0.15) is 58.1 Å². The maximum atomic E-state index is 12.7. The van der Waals surface area contributed by atoms with Gasteiger partial charge < -0.3 is 24.5 Å². The largest absolute Gasteiger partial charge is 1.00 e. The summed E-state index contributed by atoms with van der Waals surface area (Å²) in [4.78, 5) is 1.79. The number of rotatable bonds is 19. The van der Waals surface area contributed by atoms with Gasteiger partial charge in [-0.2, -0.15) is 13.2 Å². The predicted octanol–water partition coefficient (Wildman–Crippen LogP) is -2.94. The Morgan fingerprint density at radius 1 is 0.833 bits per heavy atom. The van der Waals surface area contributed by atoms with E-state index in [1.165, 1.54) is 6.07 Å². The average Bonchev–Trinajstić information content (AvgIpc) is 3.48. The summed E-state index contributed by atoms with van der Waals surface area (Å²) in [5, 5.41) is 28.2. The third-order valence-corrected chi connectivity index (χ3v) is 13.1. The molecule has 2 heterocycles. The Labute approximate surface area is 434 Å². The summed E-state index contributed by atoms with van der Waals surface area (Å²) in [7, 11) is -9.34. The molecule has 22 heteroatoms. The van der Waals surface area contributed by atoms with E-state index < -0.39 is 41.7 Å². The van der Waals surface area contributed by atoms with Gasteiger partial charge >= 0.3 is 88.7 Å². The molecule has 14 nitrogen and oxygen atoms in total. The van der Waals surface area contributed by atoms with E-state index in [4.69, 9.17) is 0 Å². The van der Waals surface area contributed by atoms with Gasteiger partial charge in [0.25, 0.3) is 0 Å². The third kappa shape index (κ3) is 13.8. The Morgan fingerprint density at radius 2 is 1.52 bits per heavy atom. The molecule has 2 aliphatic rings. The van der Waals surface area contributed by atoms with Crippen molar-refractivity contribution in [3.63, 3.8) is 0 Å². The molecular weight excluding hydrogens is 954 g/mol. The minimum atomic E-state index is -4.99. The Morgan fingerprint density at radius 3 is 2.18 bits per heavy atom. The zero-order valence-corrected chi connectivity index (χ0v) is 45.2. The van der Waals surface area contributed by atoms with Crippen LogP contribution in [0.15, 0.2) is 105 Å². The Bertz CT molecular complexity index is 2380. The van der Waals surface area contributed by atoms with Crippen molar-refractivity contribution in [3.05, 3.63) is 106 Å². The molecule has 0 fully saturated rings.